The maximum Gasteiger partial charge on any atom is 0.187 e. The predicted molar refractivity (Wildman–Crippen MR) is 205 cm³/mol. The van der Waals surface area contributed by atoms with Gasteiger partial charge in [0.25, 0.3) is 0 Å². The summed E-state index contributed by atoms with van der Waals surface area (Å²) in [4.78, 5) is 0. The first kappa shape index (κ1) is 44.5. The standard InChI is InChI=1S/C43H74O14/c1-21(2)43(20-46)16-15-42(8,57-43)29-22-9-10-27-39(5)13-12-28(38(3,4)26(39)11-14-40(27,6)41(22,7)17-23(29)47)55-37-35(33(51)31(49)25(19-45)54-37)56-36-34(52)32(50)30(48)24(18-44)53-36/h21-37,44-52H,9-20H2,1-8H3. The summed E-state index contributed by atoms with van der Waals surface area (Å²) in [7, 11) is 0. The molecule has 7 rings (SSSR count). The van der Waals surface area contributed by atoms with E-state index in [0.717, 1.165) is 51.4 Å². The number of aliphatic hydroxyl groups excluding tert-OH is 9. The van der Waals surface area contributed by atoms with Gasteiger partial charge in [0.1, 0.15) is 48.8 Å². The Morgan fingerprint density at radius 1 is 0.632 bits per heavy atom. The molecule has 9 N–H and O–H groups in total. The second-order valence-corrected chi connectivity index (χ2v) is 21.2. The number of ether oxygens (including phenoxy) is 5. The molecule has 0 aromatic carbocycles. The molecular formula is C43H74O14. The molecule has 4 aliphatic carbocycles. The van der Waals surface area contributed by atoms with Crippen LogP contribution in [-0.2, 0) is 23.7 Å². The number of hydrogen-bond acceptors (Lipinski definition) is 14. The SMILES string of the molecule is CC(C)C1(CO)CCC(C)(C2C(O)CC3(C)C2CCC2C4(C)CCC(OC5OC(CO)C(O)C(O)C5OC5OC(CO)C(O)C(O)C5O)C(C)(C)C4CCC23C)O1. The fraction of sp³-hybridized carbons (Fsp3) is 1.00. The van der Waals surface area contributed by atoms with Crippen molar-refractivity contribution in [3.8, 4) is 0 Å². The van der Waals surface area contributed by atoms with Gasteiger partial charge in [0, 0.05) is 5.92 Å². The molecule has 21 atom stereocenters. The number of aliphatic hydroxyl groups is 9. The highest BCUT2D eigenvalue weighted by Crippen LogP contribution is 2.76. The molecule has 0 aromatic heterocycles. The number of fused-ring (bicyclic) bond motifs is 5. The van der Waals surface area contributed by atoms with Crippen LogP contribution in [0.2, 0.25) is 0 Å². The van der Waals surface area contributed by atoms with Crippen molar-refractivity contribution in [2.45, 2.75) is 198 Å². The molecule has 7 fully saturated rings. The molecule has 0 aromatic rings. The molecular weight excluding hydrogens is 740 g/mol. The summed E-state index contributed by atoms with van der Waals surface area (Å²) in [5.74, 6) is 1.08. The van der Waals surface area contributed by atoms with Crippen molar-refractivity contribution in [1.29, 1.82) is 0 Å². The van der Waals surface area contributed by atoms with Gasteiger partial charge in [-0.2, -0.15) is 0 Å². The molecule has 4 saturated carbocycles. The Morgan fingerprint density at radius 3 is 1.86 bits per heavy atom. The highest BCUT2D eigenvalue weighted by molar-refractivity contribution is 5.21. The molecule has 3 heterocycles. The van der Waals surface area contributed by atoms with Gasteiger partial charge in [0.05, 0.1) is 43.2 Å². The molecule has 330 valence electrons. The maximum atomic E-state index is 12.0. The van der Waals surface area contributed by atoms with Crippen LogP contribution >= 0.6 is 0 Å². The summed E-state index contributed by atoms with van der Waals surface area (Å²) in [6, 6.07) is 0. The average molecular weight is 815 g/mol. The smallest absolute Gasteiger partial charge is 0.187 e. The first-order valence-electron chi connectivity index (χ1n) is 21.8. The van der Waals surface area contributed by atoms with Crippen molar-refractivity contribution in [2.75, 3.05) is 19.8 Å². The van der Waals surface area contributed by atoms with Crippen LogP contribution in [0.15, 0.2) is 0 Å². The average Bonchev–Trinajstić information content (AvgIpc) is 3.66. The Bertz CT molecular complexity index is 1430. The Labute approximate surface area is 338 Å². The lowest BCUT2D eigenvalue weighted by molar-refractivity contribution is -0.378. The van der Waals surface area contributed by atoms with Crippen LogP contribution in [0.3, 0.4) is 0 Å². The van der Waals surface area contributed by atoms with Crippen LogP contribution in [-0.4, -0.2) is 151 Å². The van der Waals surface area contributed by atoms with Gasteiger partial charge in [-0.25, -0.2) is 0 Å². The first-order chi connectivity index (χ1) is 26.6. The minimum absolute atomic E-state index is 0.0104. The minimum Gasteiger partial charge on any atom is -0.394 e. The summed E-state index contributed by atoms with van der Waals surface area (Å²) in [5, 5.41) is 96.0. The van der Waals surface area contributed by atoms with E-state index in [1.165, 1.54) is 0 Å². The minimum atomic E-state index is -1.75. The first-order valence-corrected chi connectivity index (χ1v) is 21.8. The van der Waals surface area contributed by atoms with Crippen LogP contribution in [0.4, 0.5) is 0 Å². The maximum absolute atomic E-state index is 12.0. The van der Waals surface area contributed by atoms with Gasteiger partial charge >= 0.3 is 0 Å². The largest absolute Gasteiger partial charge is 0.394 e. The van der Waals surface area contributed by atoms with Gasteiger partial charge in [-0.1, -0.05) is 48.5 Å². The third kappa shape index (κ3) is 6.64. The van der Waals surface area contributed by atoms with Crippen molar-refractivity contribution < 1.29 is 69.6 Å². The second kappa shape index (κ2) is 15.4. The lowest BCUT2D eigenvalue weighted by Crippen LogP contribution is -2.66. The Morgan fingerprint density at radius 2 is 1.26 bits per heavy atom. The fourth-order valence-corrected chi connectivity index (χ4v) is 14.6. The summed E-state index contributed by atoms with van der Waals surface area (Å²) >= 11 is 0. The highest BCUT2D eigenvalue weighted by Gasteiger charge is 2.72. The van der Waals surface area contributed by atoms with Gasteiger partial charge in [-0.05, 0) is 110 Å². The summed E-state index contributed by atoms with van der Waals surface area (Å²) in [6.07, 6.45) is -8.05. The number of hydrogen-bond donors (Lipinski definition) is 9. The lowest BCUT2D eigenvalue weighted by atomic mass is 9.35. The predicted octanol–water partition coefficient (Wildman–Crippen LogP) is 1.61. The van der Waals surface area contributed by atoms with Gasteiger partial charge in [0.2, 0.25) is 0 Å². The topological polar surface area (TPSA) is 228 Å². The molecule has 0 radical (unpaired) electrons. The van der Waals surface area contributed by atoms with Crippen LogP contribution in [0.25, 0.3) is 0 Å². The van der Waals surface area contributed by atoms with Crippen molar-refractivity contribution in [3.63, 3.8) is 0 Å². The summed E-state index contributed by atoms with van der Waals surface area (Å²) in [6.45, 7) is 16.9. The van der Waals surface area contributed by atoms with E-state index in [1.54, 1.807) is 0 Å². The van der Waals surface area contributed by atoms with E-state index < -0.39 is 97.3 Å². The van der Waals surface area contributed by atoms with E-state index in [-0.39, 0.29) is 46.7 Å². The van der Waals surface area contributed by atoms with E-state index >= 15 is 0 Å². The highest BCUT2D eigenvalue weighted by atomic mass is 16.8. The zero-order valence-corrected chi connectivity index (χ0v) is 35.4. The van der Waals surface area contributed by atoms with Gasteiger partial charge in [0.15, 0.2) is 12.6 Å². The van der Waals surface area contributed by atoms with E-state index in [2.05, 4.69) is 55.4 Å². The van der Waals surface area contributed by atoms with E-state index in [9.17, 15) is 46.0 Å². The zero-order valence-electron chi connectivity index (χ0n) is 35.4. The Kier molecular flexibility index (Phi) is 12.0. The lowest BCUT2D eigenvalue weighted by Gasteiger charge is -2.70. The van der Waals surface area contributed by atoms with Crippen LogP contribution in [0, 0.1) is 51.2 Å². The van der Waals surface area contributed by atoms with Crippen molar-refractivity contribution in [1.82, 2.24) is 0 Å². The molecule has 57 heavy (non-hydrogen) atoms. The third-order valence-corrected chi connectivity index (χ3v) is 18.1. The normalized spacial score (nSPS) is 56.3. The monoisotopic (exact) mass is 815 g/mol. The van der Waals surface area contributed by atoms with Crippen LogP contribution in [0.1, 0.15) is 113 Å². The zero-order chi connectivity index (χ0) is 41.8. The molecule has 7 aliphatic rings. The Hall–Kier alpha value is -0.560. The van der Waals surface area contributed by atoms with E-state index in [0.29, 0.717) is 18.3 Å². The molecule has 0 amide bonds. The van der Waals surface area contributed by atoms with Crippen molar-refractivity contribution in [2.24, 2.45) is 51.2 Å². The molecule has 3 saturated heterocycles. The van der Waals surface area contributed by atoms with Gasteiger partial charge in [-0.15, -0.1) is 0 Å². The quantitative estimate of drug-likeness (QED) is 0.151. The van der Waals surface area contributed by atoms with Crippen molar-refractivity contribution in [3.05, 3.63) is 0 Å². The molecule has 14 heteroatoms. The Balaban J connectivity index is 1.11. The fourth-order valence-electron chi connectivity index (χ4n) is 14.6. The third-order valence-electron chi connectivity index (χ3n) is 18.1. The van der Waals surface area contributed by atoms with E-state index in [1.807, 2.05) is 0 Å². The molecule has 0 bridgehead atoms. The van der Waals surface area contributed by atoms with Gasteiger partial charge in [-0.3, -0.25) is 0 Å². The molecule has 21 unspecified atom stereocenters. The van der Waals surface area contributed by atoms with Crippen LogP contribution < -0.4 is 0 Å². The van der Waals surface area contributed by atoms with Crippen molar-refractivity contribution >= 4 is 0 Å². The molecule has 0 spiro atoms. The van der Waals surface area contributed by atoms with Gasteiger partial charge < -0.3 is 69.6 Å². The summed E-state index contributed by atoms with van der Waals surface area (Å²) in [5.41, 5.74) is -1.69. The summed E-state index contributed by atoms with van der Waals surface area (Å²) < 4.78 is 31.4. The molecule has 3 aliphatic heterocycles. The molecule has 14 nitrogen and oxygen atoms in total. The number of rotatable bonds is 9. The second-order valence-electron chi connectivity index (χ2n) is 21.2. The van der Waals surface area contributed by atoms with Crippen LogP contribution in [0.5, 0.6) is 0 Å². The van der Waals surface area contributed by atoms with E-state index in [4.69, 9.17) is 23.7 Å².